The normalized spacial score (nSPS) is 18.3. The van der Waals surface area contributed by atoms with E-state index >= 15 is 0 Å². The summed E-state index contributed by atoms with van der Waals surface area (Å²) >= 11 is 0. The summed E-state index contributed by atoms with van der Waals surface area (Å²) in [7, 11) is 0. The molecule has 0 saturated carbocycles. The highest BCUT2D eigenvalue weighted by Crippen LogP contribution is 2.09. The van der Waals surface area contributed by atoms with Crippen LogP contribution in [0.2, 0.25) is 0 Å². The van der Waals surface area contributed by atoms with E-state index in [1.807, 2.05) is 30.3 Å². The predicted octanol–water partition coefficient (Wildman–Crippen LogP) is 1.74. The molecule has 1 saturated heterocycles. The third-order valence-electron chi connectivity index (χ3n) is 1.99. The quantitative estimate of drug-likeness (QED) is 0.558. The molecule has 0 aromatic heterocycles. The number of hydrogen-bond acceptors (Lipinski definition) is 4. The zero-order chi connectivity index (χ0) is 10.5. The van der Waals surface area contributed by atoms with E-state index < -0.39 is 6.16 Å². The molecule has 1 aromatic carbocycles. The van der Waals surface area contributed by atoms with Gasteiger partial charge in [0.25, 0.3) is 0 Å². The maximum atomic E-state index is 11.0. The first-order chi connectivity index (χ1) is 7.34. The number of ether oxygens (including phenoxy) is 3. The van der Waals surface area contributed by atoms with Crippen LogP contribution in [0.15, 0.2) is 30.3 Å². The van der Waals surface area contributed by atoms with Crippen molar-refractivity contribution in [1.82, 2.24) is 0 Å². The molecular formula is C11H12O4. The second-order valence-corrected chi connectivity index (χ2v) is 3.29. The van der Waals surface area contributed by atoms with Crippen LogP contribution in [0.1, 0.15) is 5.56 Å². The summed E-state index contributed by atoms with van der Waals surface area (Å²) in [5.41, 5.74) is 0.942. The minimum absolute atomic E-state index is 0.0780. The van der Waals surface area contributed by atoms with Gasteiger partial charge in [0, 0.05) is 0 Å². The van der Waals surface area contributed by atoms with Crippen molar-refractivity contribution in [2.24, 2.45) is 0 Å². The summed E-state index contributed by atoms with van der Waals surface area (Å²) in [4.78, 5) is 11.0. The third-order valence-corrected chi connectivity index (χ3v) is 1.99. The first-order valence-corrected chi connectivity index (χ1v) is 4.79. The van der Waals surface area contributed by atoms with E-state index in [-0.39, 0.29) is 19.3 Å². The fourth-order valence-corrected chi connectivity index (χ4v) is 1.08. The number of hydrogen-bond donors (Lipinski definition) is 0. The molecule has 2 rings (SSSR count). The molecule has 0 N–H and O–H groups in total. The Kier molecular flexibility index (Phi) is 3.19. The number of carbonyl (C=O) groups is 1. The lowest BCUT2D eigenvalue weighted by molar-refractivity contribution is 0.0454. The van der Waals surface area contributed by atoms with Gasteiger partial charge in [0.15, 0.2) is 0 Å². The molecule has 0 amide bonds. The van der Waals surface area contributed by atoms with Gasteiger partial charge in [0.2, 0.25) is 0 Å². The van der Waals surface area contributed by atoms with Crippen LogP contribution in [-0.2, 0) is 20.8 Å². The van der Waals surface area contributed by atoms with Crippen LogP contribution in [0.3, 0.4) is 0 Å². The van der Waals surface area contributed by atoms with Gasteiger partial charge in [0.05, 0.1) is 6.61 Å². The third kappa shape index (κ3) is 3.59. The average molecular weight is 208 g/mol. The Morgan fingerprint density at radius 2 is 2.07 bits per heavy atom. The van der Waals surface area contributed by atoms with E-state index in [0.717, 1.165) is 5.56 Å². The molecule has 0 radical (unpaired) electrons. The molecule has 1 fully saturated rings. The minimum atomic E-state index is -0.644. The highest BCUT2D eigenvalue weighted by molar-refractivity contribution is 5.59. The van der Waals surface area contributed by atoms with Gasteiger partial charge in [0.1, 0.15) is 19.3 Å². The zero-order valence-corrected chi connectivity index (χ0v) is 8.22. The van der Waals surface area contributed by atoms with E-state index in [4.69, 9.17) is 14.2 Å². The highest BCUT2D eigenvalue weighted by atomic mass is 16.7. The fourth-order valence-electron chi connectivity index (χ4n) is 1.08. The second kappa shape index (κ2) is 4.79. The number of carbonyl (C=O) groups excluding carboxylic acids is 1. The monoisotopic (exact) mass is 208 g/mol. The van der Waals surface area contributed by atoms with Gasteiger partial charge < -0.3 is 14.2 Å². The summed E-state index contributed by atoms with van der Waals surface area (Å²) in [6.07, 6.45) is -0.566. The van der Waals surface area contributed by atoms with Crippen molar-refractivity contribution in [3.05, 3.63) is 35.9 Å². The number of epoxide rings is 1. The second-order valence-electron chi connectivity index (χ2n) is 3.29. The number of rotatable bonds is 4. The first kappa shape index (κ1) is 9.98. The van der Waals surface area contributed by atoms with Crippen molar-refractivity contribution in [3.8, 4) is 0 Å². The molecule has 1 atom stereocenters. The summed E-state index contributed by atoms with van der Waals surface area (Å²) < 4.78 is 14.6. The van der Waals surface area contributed by atoms with Crippen LogP contribution in [0, 0.1) is 0 Å². The summed E-state index contributed by atoms with van der Waals surface area (Å²) in [6, 6.07) is 9.46. The Morgan fingerprint density at radius 3 is 2.73 bits per heavy atom. The highest BCUT2D eigenvalue weighted by Gasteiger charge is 2.24. The Labute approximate surface area is 87.8 Å². The molecule has 15 heavy (non-hydrogen) atoms. The Morgan fingerprint density at radius 1 is 1.33 bits per heavy atom. The summed E-state index contributed by atoms with van der Waals surface area (Å²) in [6.45, 7) is 1.20. The smallest absolute Gasteiger partial charge is 0.431 e. The summed E-state index contributed by atoms with van der Waals surface area (Å²) in [5.74, 6) is 0. The molecule has 4 nitrogen and oxygen atoms in total. The van der Waals surface area contributed by atoms with Gasteiger partial charge in [-0.1, -0.05) is 30.3 Å². The van der Waals surface area contributed by atoms with Gasteiger partial charge in [-0.25, -0.2) is 4.79 Å². The van der Waals surface area contributed by atoms with E-state index in [1.54, 1.807) is 0 Å². The zero-order valence-electron chi connectivity index (χ0n) is 8.22. The average Bonchev–Trinajstić information content (AvgIpc) is 3.09. The number of benzene rings is 1. The molecule has 1 aliphatic rings. The maximum absolute atomic E-state index is 11.0. The van der Waals surface area contributed by atoms with Crippen molar-refractivity contribution in [1.29, 1.82) is 0 Å². The SMILES string of the molecule is O=C(OCc1ccccc1)OCC1CO1. The molecule has 1 unspecified atom stereocenters. The van der Waals surface area contributed by atoms with Crippen LogP contribution in [0.5, 0.6) is 0 Å². The van der Waals surface area contributed by atoms with E-state index in [0.29, 0.717) is 6.61 Å². The van der Waals surface area contributed by atoms with Crippen LogP contribution in [0.25, 0.3) is 0 Å². The van der Waals surface area contributed by atoms with Crippen molar-refractivity contribution in [3.63, 3.8) is 0 Å². The van der Waals surface area contributed by atoms with Crippen molar-refractivity contribution >= 4 is 6.16 Å². The van der Waals surface area contributed by atoms with Gasteiger partial charge >= 0.3 is 6.16 Å². The Bertz CT molecular complexity index is 319. The fraction of sp³-hybridized carbons (Fsp3) is 0.364. The molecule has 4 heteroatoms. The first-order valence-electron chi connectivity index (χ1n) is 4.79. The molecule has 1 aliphatic heterocycles. The van der Waals surface area contributed by atoms with Crippen molar-refractivity contribution in [2.75, 3.05) is 13.2 Å². The van der Waals surface area contributed by atoms with Crippen LogP contribution in [0.4, 0.5) is 4.79 Å². The van der Waals surface area contributed by atoms with Crippen molar-refractivity contribution in [2.45, 2.75) is 12.7 Å². The molecular weight excluding hydrogens is 196 g/mol. The maximum Gasteiger partial charge on any atom is 0.508 e. The van der Waals surface area contributed by atoms with Crippen LogP contribution < -0.4 is 0 Å². The standard InChI is InChI=1S/C11H12O4/c12-11(15-8-10-7-13-10)14-6-9-4-2-1-3-5-9/h1-5,10H,6-8H2. The van der Waals surface area contributed by atoms with Crippen LogP contribution >= 0.6 is 0 Å². The molecule has 0 bridgehead atoms. The Balaban J connectivity index is 1.66. The molecule has 80 valence electrons. The topological polar surface area (TPSA) is 48.1 Å². The Hall–Kier alpha value is -1.55. The van der Waals surface area contributed by atoms with Crippen molar-refractivity contribution < 1.29 is 19.0 Å². The molecule has 1 aromatic rings. The molecule has 0 aliphatic carbocycles. The van der Waals surface area contributed by atoms with Gasteiger partial charge in [-0.2, -0.15) is 0 Å². The molecule has 0 spiro atoms. The van der Waals surface area contributed by atoms with E-state index in [1.165, 1.54) is 0 Å². The lowest BCUT2D eigenvalue weighted by Gasteiger charge is -2.04. The van der Waals surface area contributed by atoms with E-state index in [9.17, 15) is 4.79 Å². The van der Waals surface area contributed by atoms with Crippen LogP contribution in [-0.4, -0.2) is 25.5 Å². The van der Waals surface area contributed by atoms with E-state index in [2.05, 4.69) is 0 Å². The lowest BCUT2D eigenvalue weighted by Crippen LogP contribution is -2.11. The van der Waals surface area contributed by atoms with Gasteiger partial charge in [-0.15, -0.1) is 0 Å². The summed E-state index contributed by atoms with van der Waals surface area (Å²) in [5, 5.41) is 0. The van der Waals surface area contributed by atoms with Gasteiger partial charge in [-0.3, -0.25) is 0 Å². The van der Waals surface area contributed by atoms with Gasteiger partial charge in [-0.05, 0) is 5.56 Å². The predicted molar refractivity (Wildman–Crippen MR) is 52.3 cm³/mol. The molecule has 1 heterocycles. The lowest BCUT2D eigenvalue weighted by atomic mass is 10.2. The minimum Gasteiger partial charge on any atom is -0.431 e. The largest absolute Gasteiger partial charge is 0.508 e.